The monoisotopic (exact) mass is 263 g/mol. The Kier molecular flexibility index (Phi) is 3.94. The summed E-state index contributed by atoms with van der Waals surface area (Å²) in [6.45, 7) is 4.29. The van der Waals surface area contributed by atoms with Gasteiger partial charge in [0.2, 0.25) is 12.3 Å². The van der Waals surface area contributed by atoms with E-state index >= 15 is 0 Å². The van der Waals surface area contributed by atoms with E-state index in [1.807, 2.05) is 24.6 Å². The van der Waals surface area contributed by atoms with Crippen LogP contribution in [0.2, 0.25) is 0 Å². The highest BCUT2D eigenvalue weighted by Crippen LogP contribution is 2.11. The highest BCUT2D eigenvalue weighted by molar-refractivity contribution is 5.79. The van der Waals surface area contributed by atoms with Crippen LogP contribution in [0.25, 0.3) is 0 Å². The molecule has 7 heteroatoms. The largest absolute Gasteiger partial charge is 0.344 e. The lowest BCUT2D eigenvalue weighted by Crippen LogP contribution is -2.34. The molecule has 0 N–H and O–H groups in total. The Morgan fingerprint density at radius 1 is 1.53 bits per heavy atom. The van der Waals surface area contributed by atoms with Gasteiger partial charge in [-0.1, -0.05) is 5.16 Å². The second kappa shape index (κ2) is 5.64. The van der Waals surface area contributed by atoms with E-state index in [2.05, 4.69) is 19.6 Å². The van der Waals surface area contributed by atoms with Gasteiger partial charge in [-0.25, -0.2) is 4.98 Å². The standard InChI is InChI=1S/C12H17N5O2/c1-9(17-7-5-13-10(17)2)12(18)16(3)6-4-11-14-8-19-15-11/h5,7-9H,4,6H2,1-3H3/t9-/m0/s1. The molecule has 19 heavy (non-hydrogen) atoms. The van der Waals surface area contributed by atoms with Crippen LogP contribution in [-0.2, 0) is 11.2 Å². The normalized spacial score (nSPS) is 12.4. The van der Waals surface area contributed by atoms with Gasteiger partial charge in [-0.3, -0.25) is 4.79 Å². The molecular weight excluding hydrogens is 246 g/mol. The quantitative estimate of drug-likeness (QED) is 0.798. The summed E-state index contributed by atoms with van der Waals surface area (Å²) < 4.78 is 6.51. The molecule has 0 aliphatic heterocycles. The van der Waals surface area contributed by atoms with E-state index < -0.39 is 0 Å². The first kappa shape index (κ1) is 13.3. The van der Waals surface area contributed by atoms with Crippen LogP contribution in [-0.4, -0.2) is 44.1 Å². The van der Waals surface area contributed by atoms with Crippen LogP contribution in [0.5, 0.6) is 0 Å². The zero-order valence-electron chi connectivity index (χ0n) is 11.3. The maximum atomic E-state index is 12.3. The third-order valence-corrected chi connectivity index (χ3v) is 3.09. The fraction of sp³-hybridized carbons (Fsp3) is 0.500. The van der Waals surface area contributed by atoms with E-state index in [1.54, 1.807) is 18.1 Å². The van der Waals surface area contributed by atoms with Crippen molar-refractivity contribution in [3.63, 3.8) is 0 Å². The number of aromatic nitrogens is 4. The molecule has 2 aromatic rings. The zero-order chi connectivity index (χ0) is 13.8. The van der Waals surface area contributed by atoms with Gasteiger partial charge in [0, 0.05) is 32.4 Å². The Hall–Kier alpha value is -2.18. The second-order valence-electron chi connectivity index (χ2n) is 4.41. The SMILES string of the molecule is Cc1nccn1[C@@H](C)C(=O)N(C)CCc1ncon1. The van der Waals surface area contributed by atoms with Crippen molar-refractivity contribution < 1.29 is 9.32 Å². The molecule has 1 amide bonds. The summed E-state index contributed by atoms with van der Waals surface area (Å²) in [4.78, 5) is 22.0. The van der Waals surface area contributed by atoms with Gasteiger partial charge in [0.1, 0.15) is 11.9 Å². The van der Waals surface area contributed by atoms with E-state index in [4.69, 9.17) is 0 Å². The van der Waals surface area contributed by atoms with Crippen LogP contribution < -0.4 is 0 Å². The number of nitrogens with zero attached hydrogens (tertiary/aromatic N) is 5. The second-order valence-corrected chi connectivity index (χ2v) is 4.41. The molecular formula is C12H17N5O2. The van der Waals surface area contributed by atoms with E-state index in [1.165, 1.54) is 6.39 Å². The van der Waals surface area contributed by atoms with Gasteiger partial charge in [-0.05, 0) is 13.8 Å². The lowest BCUT2D eigenvalue weighted by atomic mass is 10.2. The molecule has 0 aliphatic rings. The Labute approximate surface area is 111 Å². The predicted octanol–water partition coefficient (Wildman–Crippen LogP) is 0.837. The van der Waals surface area contributed by atoms with Crippen LogP contribution in [0.15, 0.2) is 23.3 Å². The molecule has 2 rings (SSSR count). The Morgan fingerprint density at radius 3 is 2.89 bits per heavy atom. The van der Waals surface area contributed by atoms with E-state index in [0.29, 0.717) is 18.8 Å². The summed E-state index contributed by atoms with van der Waals surface area (Å²) in [7, 11) is 1.77. The molecule has 2 heterocycles. The highest BCUT2D eigenvalue weighted by atomic mass is 16.5. The van der Waals surface area contributed by atoms with E-state index in [9.17, 15) is 4.79 Å². The number of hydrogen-bond acceptors (Lipinski definition) is 5. The third-order valence-electron chi connectivity index (χ3n) is 3.09. The Bertz CT molecular complexity index is 534. The average molecular weight is 263 g/mol. The minimum atomic E-state index is -0.266. The van der Waals surface area contributed by atoms with E-state index in [0.717, 1.165) is 5.82 Å². The van der Waals surface area contributed by atoms with Gasteiger partial charge in [0.25, 0.3) is 0 Å². The molecule has 0 bridgehead atoms. The number of carbonyl (C=O) groups excluding carboxylic acids is 1. The molecule has 0 unspecified atom stereocenters. The number of aryl methyl sites for hydroxylation is 1. The minimum absolute atomic E-state index is 0.0320. The van der Waals surface area contributed by atoms with Crippen molar-refractivity contribution in [3.8, 4) is 0 Å². The van der Waals surface area contributed by atoms with E-state index in [-0.39, 0.29) is 11.9 Å². The number of imidazole rings is 1. The molecule has 1 atom stereocenters. The maximum Gasteiger partial charge on any atom is 0.245 e. The van der Waals surface area contributed by atoms with Gasteiger partial charge in [0.05, 0.1) is 0 Å². The molecule has 0 fully saturated rings. The first-order valence-electron chi connectivity index (χ1n) is 6.09. The van der Waals surface area contributed by atoms with Gasteiger partial charge in [-0.15, -0.1) is 0 Å². The number of likely N-dealkylation sites (N-methyl/N-ethyl adjacent to an activating group) is 1. The van der Waals surface area contributed by atoms with Crippen molar-refractivity contribution in [2.24, 2.45) is 0 Å². The summed E-state index contributed by atoms with van der Waals surface area (Å²) in [5, 5.41) is 3.72. The van der Waals surface area contributed by atoms with Crippen LogP contribution in [0.4, 0.5) is 0 Å². The first-order valence-corrected chi connectivity index (χ1v) is 6.09. The summed E-state index contributed by atoms with van der Waals surface area (Å²) in [6.07, 6.45) is 5.37. The zero-order valence-corrected chi connectivity index (χ0v) is 11.3. The Balaban J connectivity index is 1.93. The highest BCUT2D eigenvalue weighted by Gasteiger charge is 2.20. The van der Waals surface area contributed by atoms with Gasteiger partial charge >= 0.3 is 0 Å². The molecule has 0 spiro atoms. The van der Waals surface area contributed by atoms with Crippen molar-refractivity contribution in [1.82, 2.24) is 24.6 Å². The van der Waals surface area contributed by atoms with Crippen molar-refractivity contribution >= 4 is 5.91 Å². The average Bonchev–Trinajstić information content (AvgIpc) is 3.05. The molecule has 0 saturated carbocycles. The van der Waals surface area contributed by atoms with Crippen molar-refractivity contribution in [2.75, 3.05) is 13.6 Å². The molecule has 0 radical (unpaired) electrons. The first-order chi connectivity index (χ1) is 9.09. The van der Waals surface area contributed by atoms with Crippen LogP contribution >= 0.6 is 0 Å². The van der Waals surface area contributed by atoms with Crippen LogP contribution in [0, 0.1) is 6.92 Å². The fourth-order valence-corrected chi connectivity index (χ4v) is 1.92. The predicted molar refractivity (Wildman–Crippen MR) is 67.3 cm³/mol. The number of hydrogen-bond donors (Lipinski definition) is 0. The minimum Gasteiger partial charge on any atom is -0.344 e. The molecule has 0 aliphatic carbocycles. The van der Waals surface area contributed by atoms with Crippen molar-refractivity contribution in [3.05, 3.63) is 30.4 Å². The van der Waals surface area contributed by atoms with Crippen molar-refractivity contribution in [1.29, 1.82) is 0 Å². The topological polar surface area (TPSA) is 77.0 Å². The van der Waals surface area contributed by atoms with Crippen molar-refractivity contribution in [2.45, 2.75) is 26.3 Å². The molecule has 0 saturated heterocycles. The Morgan fingerprint density at radius 2 is 2.32 bits per heavy atom. The van der Waals surface area contributed by atoms with Gasteiger partial charge in [-0.2, -0.15) is 4.98 Å². The fourth-order valence-electron chi connectivity index (χ4n) is 1.92. The lowest BCUT2D eigenvalue weighted by molar-refractivity contribution is -0.133. The molecule has 2 aromatic heterocycles. The molecule has 7 nitrogen and oxygen atoms in total. The number of carbonyl (C=O) groups is 1. The summed E-state index contributed by atoms with van der Waals surface area (Å²) in [5.41, 5.74) is 0. The van der Waals surface area contributed by atoms with Gasteiger partial charge < -0.3 is 14.0 Å². The summed E-state index contributed by atoms with van der Waals surface area (Å²) >= 11 is 0. The molecule has 0 aromatic carbocycles. The molecule has 102 valence electrons. The third kappa shape index (κ3) is 2.98. The van der Waals surface area contributed by atoms with Crippen LogP contribution in [0.1, 0.15) is 24.6 Å². The maximum absolute atomic E-state index is 12.3. The number of rotatable bonds is 5. The summed E-state index contributed by atoms with van der Waals surface area (Å²) in [5.74, 6) is 1.46. The van der Waals surface area contributed by atoms with Gasteiger partial charge in [0.15, 0.2) is 5.82 Å². The number of amides is 1. The summed E-state index contributed by atoms with van der Waals surface area (Å²) in [6, 6.07) is -0.266. The van der Waals surface area contributed by atoms with Crippen LogP contribution in [0.3, 0.4) is 0 Å². The lowest BCUT2D eigenvalue weighted by Gasteiger charge is -2.22. The smallest absolute Gasteiger partial charge is 0.245 e.